The number of hydrogen-bond acceptors (Lipinski definition) is 4. The van der Waals surface area contributed by atoms with Crippen LogP contribution in [0.1, 0.15) is 34.6 Å². The Labute approximate surface area is 144 Å². The Balaban J connectivity index is 2.34. The van der Waals surface area contributed by atoms with Crippen LogP contribution in [0.3, 0.4) is 0 Å². The average molecular weight is 376 g/mol. The molecule has 2 aromatic carbocycles. The third kappa shape index (κ3) is 3.99. The van der Waals surface area contributed by atoms with Gasteiger partial charge < -0.3 is 9.64 Å². The van der Waals surface area contributed by atoms with Crippen LogP contribution < -0.4 is 9.64 Å². The smallest absolute Gasteiger partial charge is 0.344 e. The van der Waals surface area contributed by atoms with Crippen molar-refractivity contribution in [2.45, 2.75) is 13.8 Å². The summed E-state index contributed by atoms with van der Waals surface area (Å²) in [7, 11) is 0. The molecule has 120 valence electrons. The first-order valence-electron chi connectivity index (χ1n) is 7.41. The molecule has 0 N–H and O–H groups in total. The Bertz CT molecular complexity index is 711. The molecule has 0 aliphatic carbocycles. The van der Waals surface area contributed by atoms with E-state index in [1.165, 1.54) is 0 Å². The van der Waals surface area contributed by atoms with Crippen LogP contribution in [0.4, 0.5) is 5.69 Å². The average Bonchev–Trinajstić information content (AvgIpc) is 2.56. The zero-order chi connectivity index (χ0) is 16.8. The van der Waals surface area contributed by atoms with Gasteiger partial charge >= 0.3 is 5.97 Å². The number of hydrogen-bond donors (Lipinski definition) is 0. The molecular formula is C18H18BrNO3. The van der Waals surface area contributed by atoms with Crippen LogP contribution in [-0.4, -0.2) is 25.3 Å². The Hall–Kier alpha value is -2.14. The van der Waals surface area contributed by atoms with Gasteiger partial charge in [0.05, 0.1) is 11.1 Å². The van der Waals surface area contributed by atoms with Crippen molar-refractivity contribution >= 4 is 33.9 Å². The van der Waals surface area contributed by atoms with Crippen molar-refractivity contribution in [3.63, 3.8) is 0 Å². The summed E-state index contributed by atoms with van der Waals surface area (Å²) in [6.45, 7) is 5.75. The lowest BCUT2D eigenvalue weighted by Crippen LogP contribution is -2.22. The molecule has 0 radical (unpaired) electrons. The number of esters is 1. The predicted molar refractivity (Wildman–Crippen MR) is 94.5 cm³/mol. The highest BCUT2D eigenvalue weighted by atomic mass is 79.9. The first kappa shape index (κ1) is 17.2. The molecule has 2 aromatic rings. The molecule has 5 heteroatoms. The van der Waals surface area contributed by atoms with Crippen molar-refractivity contribution < 1.29 is 14.3 Å². The second-order valence-corrected chi connectivity index (χ2v) is 5.74. The van der Waals surface area contributed by atoms with Gasteiger partial charge in [0.25, 0.3) is 0 Å². The van der Waals surface area contributed by atoms with E-state index in [0.717, 1.165) is 18.8 Å². The van der Waals surface area contributed by atoms with Gasteiger partial charge in [0.1, 0.15) is 5.75 Å². The lowest BCUT2D eigenvalue weighted by Gasteiger charge is -2.22. The van der Waals surface area contributed by atoms with E-state index < -0.39 is 5.97 Å². The van der Waals surface area contributed by atoms with Crippen LogP contribution in [0.25, 0.3) is 0 Å². The van der Waals surface area contributed by atoms with Gasteiger partial charge in [-0.1, -0.05) is 12.1 Å². The third-order valence-corrected chi connectivity index (χ3v) is 4.24. The summed E-state index contributed by atoms with van der Waals surface area (Å²) in [6, 6.07) is 12.3. The maximum atomic E-state index is 12.3. The highest BCUT2D eigenvalue weighted by Crippen LogP contribution is 2.26. The first-order chi connectivity index (χ1) is 11.1. The van der Waals surface area contributed by atoms with Crippen molar-refractivity contribution in [3.05, 3.63) is 58.1 Å². The number of nitrogens with zero attached hydrogens (tertiary/aromatic N) is 1. The van der Waals surface area contributed by atoms with E-state index in [4.69, 9.17) is 4.74 Å². The number of benzene rings is 2. The summed E-state index contributed by atoms with van der Waals surface area (Å²) in [6.07, 6.45) is 0.689. The van der Waals surface area contributed by atoms with Crippen molar-refractivity contribution in [1.29, 1.82) is 0 Å². The van der Waals surface area contributed by atoms with E-state index >= 15 is 0 Å². The lowest BCUT2D eigenvalue weighted by molar-refractivity contribution is 0.0732. The summed E-state index contributed by atoms with van der Waals surface area (Å²) in [5, 5.41) is 0. The molecular weight excluding hydrogens is 358 g/mol. The molecule has 0 unspecified atom stereocenters. The number of anilines is 1. The topological polar surface area (TPSA) is 46.6 Å². The minimum atomic E-state index is -0.503. The molecule has 0 amide bonds. The molecule has 0 aliphatic heterocycles. The number of carbonyl (C=O) groups excluding carboxylic acids is 2. The van der Waals surface area contributed by atoms with Gasteiger partial charge in [-0.05, 0) is 54.0 Å². The van der Waals surface area contributed by atoms with Crippen molar-refractivity contribution in [1.82, 2.24) is 0 Å². The monoisotopic (exact) mass is 375 g/mol. The van der Waals surface area contributed by atoms with Crippen molar-refractivity contribution in [3.8, 4) is 5.75 Å². The van der Waals surface area contributed by atoms with Crippen LogP contribution in [0.15, 0.2) is 46.9 Å². The minimum absolute atomic E-state index is 0.269. The molecule has 0 fully saturated rings. The third-order valence-electron chi connectivity index (χ3n) is 3.55. The fraction of sp³-hybridized carbons (Fsp3) is 0.222. The molecule has 0 heterocycles. The van der Waals surface area contributed by atoms with Gasteiger partial charge in [0.2, 0.25) is 0 Å². The standard InChI is InChI=1S/C18H18BrNO3/c1-3-20(4-2)14-10-9-13(12-21)17(11-14)23-18(22)15-7-5-6-8-16(15)19/h5-12H,3-4H2,1-2H3. The van der Waals surface area contributed by atoms with Crippen LogP contribution in [0.2, 0.25) is 0 Å². The summed E-state index contributed by atoms with van der Waals surface area (Å²) in [5.41, 5.74) is 1.68. The van der Waals surface area contributed by atoms with Gasteiger partial charge in [-0.25, -0.2) is 4.79 Å². The molecule has 0 aromatic heterocycles. The molecule has 2 rings (SSSR count). The van der Waals surface area contributed by atoms with Gasteiger partial charge in [-0.15, -0.1) is 0 Å². The maximum Gasteiger partial charge on any atom is 0.344 e. The van der Waals surface area contributed by atoms with E-state index in [0.29, 0.717) is 21.9 Å². The quantitative estimate of drug-likeness (QED) is 0.428. The molecule has 0 bridgehead atoms. The van der Waals surface area contributed by atoms with Gasteiger partial charge in [-0.3, -0.25) is 4.79 Å². The van der Waals surface area contributed by atoms with Crippen LogP contribution in [0, 0.1) is 0 Å². The lowest BCUT2D eigenvalue weighted by atomic mass is 10.1. The number of aldehydes is 1. The molecule has 0 atom stereocenters. The molecule has 0 saturated carbocycles. The number of rotatable bonds is 6. The summed E-state index contributed by atoms with van der Waals surface area (Å²) < 4.78 is 6.11. The zero-order valence-electron chi connectivity index (χ0n) is 13.1. The van der Waals surface area contributed by atoms with Crippen LogP contribution >= 0.6 is 15.9 Å². The Kier molecular flexibility index (Phi) is 5.93. The highest BCUT2D eigenvalue weighted by Gasteiger charge is 2.15. The number of halogens is 1. The van der Waals surface area contributed by atoms with Gasteiger partial charge in [0.15, 0.2) is 6.29 Å². The molecule has 4 nitrogen and oxygen atoms in total. The van der Waals surface area contributed by atoms with E-state index in [1.807, 2.05) is 26.0 Å². The fourth-order valence-electron chi connectivity index (χ4n) is 2.28. The largest absolute Gasteiger partial charge is 0.422 e. The summed E-state index contributed by atoms with van der Waals surface area (Å²) in [5.74, 6) is -0.234. The van der Waals surface area contributed by atoms with Crippen LogP contribution in [-0.2, 0) is 0 Å². The first-order valence-corrected chi connectivity index (χ1v) is 8.20. The number of carbonyl (C=O) groups is 2. The van der Waals surface area contributed by atoms with E-state index in [9.17, 15) is 9.59 Å². The second-order valence-electron chi connectivity index (χ2n) is 4.88. The Morgan fingerprint density at radius 2 is 1.87 bits per heavy atom. The predicted octanol–water partition coefficient (Wildman–Crippen LogP) is 4.33. The molecule has 0 saturated heterocycles. The van der Waals surface area contributed by atoms with E-state index in [1.54, 1.807) is 30.3 Å². The Morgan fingerprint density at radius 1 is 1.17 bits per heavy atom. The van der Waals surface area contributed by atoms with Gasteiger partial charge in [0, 0.05) is 29.3 Å². The Morgan fingerprint density at radius 3 is 2.48 bits per heavy atom. The fourth-order valence-corrected chi connectivity index (χ4v) is 2.72. The van der Waals surface area contributed by atoms with Crippen molar-refractivity contribution in [2.75, 3.05) is 18.0 Å². The SMILES string of the molecule is CCN(CC)c1ccc(C=O)c(OC(=O)c2ccccc2Br)c1. The molecule has 0 aliphatic rings. The normalized spacial score (nSPS) is 10.2. The van der Waals surface area contributed by atoms with Gasteiger partial charge in [-0.2, -0.15) is 0 Å². The zero-order valence-corrected chi connectivity index (χ0v) is 14.7. The maximum absolute atomic E-state index is 12.3. The van der Waals surface area contributed by atoms with Crippen LogP contribution in [0.5, 0.6) is 5.75 Å². The molecule has 0 spiro atoms. The second kappa shape index (κ2) is 7.92. The highest BCUT2D eigenvalue weighted by molar-refractivity contribution is 9.10. The minimum Gasteiger partial charge on any atom is -0.422 e. The molecule has 23 heavy (non-hydrogen) atoms. The van der Waals surface area contributed by atoms with E-state index in [2.05, 4.69) is 20.8 Å². The summed E-state index contributed by atoms with van der Waals surface area (Å²) >= 11 is 3.33. The van der Waals surface area contributed by atoms with E-state index in [-0.39, 0.29) is 5.75 Å². The van der Waals surface area contributed by atoms with Crippen molar-refractivity contribution in [2.24, 2.45) is 0 Å². The summed E-state index contributed by atoms with van der Waals surface area (Å²) in [4.78, 5) is 25.7. The number of ether oxygens (including phenoxy) is 1.